The van der Waals surface area contributed by atoms with Crippen LogP contribution in [-0.2, 0) is 4.79 Å². The van der Waals surface area contributed by atoms with Gasteiger partial charge in [0, 0.05) is 31.4 Å². The van der Waals surface area contributed by atoms with E-state index in [0.717, 1.165) is 11.4 Å². The van der Waals surface area contributed by atoms with E-state index in [4.69, 9.17) is 0 Å². The van der Waals surface area contributed by atoms with Gasteiger partial charge < -0.3 is 9.80 Å². The lowest BCUT2D eigenvalue weighted by molar-refractivity contribution is -0.164. The zero-order valence-electron chi connectivity index (χ0n) is 12.9. The molecule has 2 heterocycles. The van der Waals surface area contributed by atoms with Gasteiger partial charge in [-0.15, -0.1) is 0 Å². The number of anilines is 1. The largest absolute Gasteiger partial charge is 0.397 e. The molecule has 2 atom stereocenters. The number of pyridine rings is 1. The predicted molar refractivity (Wildman–Crippen MR) is 77.6 cm³/mol. The number of aryl methyl sites for hydroxylation is 1. The molecule has 2 rings (SSSR count). The summed E-state index contributed by atoms with van der Waals surface area (Å²) >= 11 is 0. The first-order valence-electron chi connectivity index (χ1n) is 7.23. The zero-order valence-corrected chi connectivity index (χ0v) is 12.9. The molecule has 0 bridgehead atoms. The average Bonchev–Trinajstić information content (AvgIpc) is 2.36. The van der Waals surface area contributed by atoms with Crippen LogP contribution in [0, 0.1) is 6.92 Å². The Kier molecular flexibility index (Phi) is 4.63. The van der Waals surface area contributed by atoms with E-state index in [1.165, 1.54) is 4.90 Å². The second-order valence-electron chi connectivity index (χ2n) is 5.89. The van der Waals surface area contributed by atoms with Crippen LogP contribution in [0.25, 0.3) is 0 Å². The quantitative estimate of drug-likeness (QED) is 0.842. The maximum absolute atomic E-state index is 12.4. The second kappa shape index (κ2) is 6.14. The van der Waals surface area contributed by atoms with E-state index in [9.17, 15) is 18.0 Å². The molecule has 1 aromatic heterocycles. The minimum absolute atomic E-state index is 0.290. The Balaban J connectivity index is 2.08. The highest BCUT2D eigenvalue weighted by Gasteiger charge is 2.39. The summed E-state index contributed by atoms with van der Waals surface area (Å²) in [5.41, 5.74) is 1.05. The van der Waals surface area contributed by atoms with Crippen molar-refractivity contribution in [1.29, 1.82) is 0 Å². The van der Waals surface area contributed by atoms with Gasteiger partial charge in [-0.25, -0.2) is 4.98 Å². The van der Waals surface area contributed by atoms with Gasteiger partial charge in [-0.3, -0.25) is 4.79 Å². The molecular formula is C15H20F3N3O. The molecule has 0 radical (unpaired) electrons. The van der Waals surface area contributed by atoms with Crippen molar-refractivity contribution in [2.24, 2.45) is 0 Å². The summed E-state index contributed by atoms with van der Waals surface area (Å²) in [4.78, 5) is 19.6. The van der Waals surface area contributed by atoms with Crippen molar-refractivity contribution in [1.82, 2.24) is 9.88 Å². The van der Waals surface area contributed by atoms with Crippen LogP contribution in [0.5, 0.6) is 0 Å². The summed E-state index contributed by atoms with van der Waals surface area (Å²) in [5, 5.41) is 0. The normalized spacial score (nSPS) is 22.8. The van der Waals surface area contributed by atoms with Crippen LogP contribution in [0.4, 0.5) is 19.0 Å². The van der Waals surface area contributed by atoms with Gasteiger partial charge in [-0.2, -0.15) is 13.2 Å². The third kappa shape index (κ3) is 3.90. The summed E-state index contributed by atoms with van der Waals surface area (Å²) in [5.74, 6) is -0.0729. The molecule has 0 N–H and O–H groups in total. The van der Waals surface area contributed by atoms with Crippen LogP contribution in [0.1, 0.15) is 25.8 Å². The Labute approximate surface area is 127 Å². The van der Waals surface area contributed by atoms with Crippen molar-refractivity contribution in [2.75, 3.05) is 18.0 Å². The number of carbonyl (C=O) groups is 1. The number of amides is 1. The van der Waals surface area contributed by atoms with E-state index in [0.29, 0.717) is 13.1 Å². The Bertz CT molecular complexity index is 518. The molecule has 1 saturated heterocycles. The minimum Gasteiger partial charge on any atom is -0.353 e. The smallest absolute Gasteiger partial charge is 0.353 e. The van der Waals surface area contributed by atoms with Crippen molar-refractivity contribution in [2.45, 2.75) is 45.5 Å². The van der Waals surface area contributed by atoms with E-state index < -0.39 is 18.5 Å². The van der Waals surface area contributed by atoms with Crippen molar-refractivity contribution in [3.05, 3.63) is 23.9 Å². The fourth-order valence-corrected chi connectivity index (χ4v) is 2.91. The lowest BCUT2D eigenvalue weighted by Gasteiger charge is -2.45. The fraction of sp³-hybridized carbons (Fsp3) is 0.600. The first-order chi connectivity index (χ1) is 10.2. The Hall–Kier alpha value is -1.79. The number of halogens is 3. The highest BCUT2D eigenvalue weighted by Crippen LogP contribution is 2.26. The standard InChI is InChI=1S/C15H20F3N3O/c1-10-4-5-13(19-7-10)20-8-11(2)21(12(3)9-20)14(22)6-15(16,17)18/h4-5,7,11-12H,6,8-9H2,1-3H3. The van der Waals surface area contributed by atoms with Gasteiger partial charge in [0.25, 0.3) is 0 Å². The van der Waals surface area contributed by atoms with Crippen molar-refractivity contribution < 1.29 is 18.0 Å². The molecule has 0 spiro atoms. The lowest BCUT2D eigenvalue weighted by Crippen LogP contribution is -2.59. The fourth-order valence-electron chi connectivity index (χ4n) is 2.91. The third-order valence-electron chi connectivity index (χ3n) is 3.78. The molecule has 1 aliphatic heterocycles. The Morgan fingerprint density at radius 3 is 2.32 bits per heavy atom. The van der Waals surface area contributed by atoms with E-state index in [1.807, 2.05) is 24.0 Å². The van der Waals surface area contributed by atoms with Crippen LogP contribution < -0.4 is 4.90 Å². The molecule has 2 unspecified atom stereocenters. The lowest BCUT2D eigenvalue weighted by atomic mass is 10.1. The molecule has 22 heavy (non-hydrogen) atoms. The van der Waals surface area contributed by atoms with E-state index in [-0.39, 0.29) is 12.1 Å². The monoisotopic (exact) mass is 315 g/mol. The molecule has 122 valence electrons. The predicted octanol–water partition coefficient (Wildman–Crippen LogP) is 2.77. The number of aromatic nitrogens is 1. The first kappa shape index (κ1) is 16.6. The molecule has 1 aromatic rings. The molecule has 0 aliphatic carbocycles. The van der Waals surface area contributed by atoms with Gasteiger partial charge in [0.2, 0.25) is 5.91 Å². The van der Waals surface area contributed by atoms with Gasteiger partial charge in [0.05, 0.1) is 0 Å². The second-order valence-corrected chi connectivity index (χ2v) is 5.89. The number of alkyl halides is 3. The summed E-state index contributed by atoms with van der Waals surface area (Å²) in [6.45, 7) is 6.43. The number of rotatable bonds is 2. The summed E-state index contributed by atoms with van der Waals surface area (Å²) in [6.07, 6.45) is -4.11. The van der Waals surface area contributed by atoms with Crippen LogP contribution in [-0.4, -0.2) is 47.1 Å². The molecular weight excluding hydrogens is 295 g/mol. The summed E-state index contributed by atoms with van der Waals surface area (Å²) in [6, 6.07) is 3.25. The maximum Gasteiger partial charge on any atom is 0.397 e. The van der Waals surface area contributed by atoms with E-state index in [2.05, 4.69) is 4.98 Å². The number of carbonyl (C=O) groups excluding carboxylic acids is 1. The molecule has 0 saturated carbocycles. The van der Waals surface area contributed by atoms with E-state index in [1.54, 1.807) is 20.0 Å². The summed E-state index contributed by atoms with van der Waals surface area (Å²) < 4.78 is 37.3. The van der Waals surface area contributed by atoms with Gasteiger partial charge in [0.1, 0.15) is 12.2 Å². The molecule has 1 aliphatic rings. The van der Waals surface area contributed by atoms with Crippen molar-refractivity contribution in [3.8, 4) is 0 Å². The van der Waals surface area contributed by atoms with Gasteiger partial charge in [-0.1, -0.05) is 6.07 Å². The number of nitrogens with zero attached hydrogens (tertiary/aromatic N) is 3. The van der Waals surface area contributed by atoms with Crippen LogP contribution in [0.2, 0.25) is 0 Å². The van der Waals surface area contributed by atoms with Crippen LogP contribution in [0.3, 0.4) is 0 Å². The van der Waals surface area contributed by atoms with Gasteiger partial charge in [-0.05, 0) is 32.4 Å². The molecule has 7 heteroatoms. The minimum atomic E-state index is -4.47. The topological polar surface area (TPSA) is 36.4 Å². The molecule has 4 nitrogen and oxygen atoms in total. The van der Waals surface area contributed by atoms with Gasteiger partial charge >= 0.3 is 6.18 Å². The highest BCUT2D eigenvalue weighted by molar-refractivity contribution is 5.78. The Morgan fingerprint density at radius 1 is 1.27 bits per heavy atom. The SMILES string of the molecule is Cc1ccc(N2CC(C)N(C(=O)CC(F)(F)F)C(C)C2)nc1. The molecule has 0 aromatic carbocycles. The molecule has 1 amide bonds. The van der Waals surface area contributed by atoms with Crippen LogP contribution >= 0.6 is 0 Å². The maximum atomic E-state index is 12.4. The first-order valence-corrected chi connectivity index (χ1v) is 7.23. The van der Waals surface area contributed by atoms with Gasteiger partial charge in [0.15, 0.2) is 0 Å². The number of hydrogen-bond acceptors (Lipinski definition) is 3. The van der Waals surface area contributed by atoms with Crippen LogP contribution in [0.15, 0.2) is 18.3 Å². The summed E-state index contributed by atoms with van der Waals surface area (Å²) in [7, 11) is 0. The average molecular weight is 315 g/mol. The Morgan fingerprint density at radius 2 is 1.86 bits per heavy atom. The number of hydrogen-bond donors (Lipinski definition) is 0. The van der Waals surface area contributed by atoms with E-state index >= 15 is 0 Å². The third-order valence-corrected chi connectivity index (χ3v) is 3.78. The number of piperazine rings is 1. The zero-order chi connectivity index (χ0) is 16.5. The van der Waals surface area contributed by atoms with Crippen molar-refractivity contribution in [3.63, 3.8) is 0 Å². The highest BCUT2D eigenvalue weighted by atomic mass is 19.4. The molecule has 1 fully saturated rings. The van der Waals surface area contributed by atoms with Crippen molar-refractivity contribution >= 4 is 11.7 Å².